The first kappa shape index (κ1) is 17.1. The summed E-state index contributed by atoms with van der Waals surface area (Å²) in [5.74, 6) is 0.256. The van der Waals surface area contributed by atoms with Gasteiger partial charge in [0, 0.05) is 18.0 Å². The molecule has 0 radical (unpaired) electrons. The van der Waals surface area contributed by atoms with E-state index in [2.05, 4.69) is 9.97 Å². The van der Waals surface area contributed by atoms with E-state index in [1.54, 1.807) is 11.0 Å². The molecule has 1 amide bonds. The third kappa shape index (κ3) is 3.51. The molecule has 0 N–H and O–H groups in total. The normalized spacial score (nSPS) is 16.2. The minimum absolute atomic E-state index is 0.121. The van der Waals surface area contributed by atoms with Gasteiger partial charge in [-0.2, -0.15) is 0 Å². The summed E-state index contributed by atoms with van der Waals surface area (Å²) in [7, 11) is 0. The average molecular weight is 363 g/mol. The number of hydrogen-bond acceptors (Lipinski definition) is 4. The summed E-state index contributed by atoms with van der Waals surface area (Å²) >= 11 is 0. The number of aromatic nitrogens is 2. The monoisotopic (exact) mass is 363 g/mol. The molecule has 1 aliphatic heterocycles. The van der Waals surface area contributed by atoms with E-state index in [0.717, 1.165) is 22.4 Å². The smallest absolute Gasteiger partial charge is 0.274 e. The number of hydrogen-bond donors (Lipinski definition) is 0. The van der Waals surface area contributed by atoms with Crippen LogP contribution in [0.25, 0.3) is 11.1 Å². The molecule has 0 saturated heterocycles. The van der Waals surface area contributed by atoms with E-state index in [1.165, 1.54) is 30.7 Å². The van der Waals surface area contributed by atoms with Crippen LogP contribution < -0.4 is 4.74 Å². The first-order chi connectivity index (χ1) is 13.1. The largest absolute Gasteiger partial charge is 0.491 e. The van der Waals surface area contributed by atoms with E-state index in [-0.39, 0.29) is 17.8 Å². The number of ether oxygens (including phenoxy) is 1. The molecule has 4 rings (SSSR count). The highest BCUT2D eigenvalue weighted by Crippen LogP contribution is 2.31. The number of carbonyl (C=O) groups excluding carboxylic acids is 1. The van der Waals surface area contributed by atoms with Crippen molar-refractivity contribution in [1.29, 1.82) is 0 Å². The summed E-state index contributed by atoms with van der Waals surface area (Å²) in [5, 5.41) is 0. The van der Waals surface area contributed by atoms with Crippen molar-refractivity contribution in [2.75, 3.05) is 6.61 Å². The standard InChI is InChI=1S/C21H18FN3O2/c1-14-13-27-20-6-5-16(15-3-2-4-18(22)10-15)9-17(20)12-25(14)21(26)19-11-23-7-8-24-19/h2-11,14H,12-13H2,1H3/t14-/m0/s1. The highest BCUT2D eigenvalue weighted by Gasteiger charge is 2.27. The lowest BCUT2D eigenvalue weighted by Gasteiger charge is -2.25. The van der Waals surface area contributed by atoms with Gasteiger partial charge in [0.1, 0.15) is 23.9 Å². The Bertz CT molecular complexity index is 978. The molecule has 1 aliphatic rings. The Kier molecular flexibility index (Phi) is 4.54. The van der Waals surface area contributed by atoms with Crippen LogP contribution in [0.2, 0.25) is 0 Å². The quantitative estimate of drug-likeness (QED) is 0.697. The van der Waals surface area contributed by atoms with Gasteiger partial charge in [-0.3, -0.25) is 9.78 Å². The van der Waals surface area contributed by atoms with Gasteiger partial charge in [-0.15, -0.1) is 0 Å². The van der Waals surface area contributed by atoms with Crippen LogP contribution in [-0.4, -0.2) is 33.4 Å². The molecule has 2 heterocycles. The van der Waals surface area contributed by atoms with Crippen LogP contribution in [0.4, 0.5) is 4.39 Å². The maximum absolute atomic E-state index is 13.6. The number of rotatable bonds is 2. The maximum atomic E-state index is 13.6. The van der Waals surface area contributed by atoms with E-state index < -0.39 is 0 Å². The van der Waals surface area contributed by atoms with Crippen molar-refractivity contribution in [3.05, 3.63) is 78.1 Å². The number of fused-ring (bicyclic) bond motifs is 1. The first-order valence-electron chi connectivity index (χ1n) is 8.70. The van der Waals surface area contributed by atoms with Gasteiger partial charge in [0.15, 0.2) is 0 Å². The summed E-state index contributed by atoms with van der Waals surface area (Å²) in [6, 6.07) is 12.0. The Morgan fingerprint density at radius 1 is 1.19 bits per heavy atom. The zero-order valence-corrected chi connectivity index (χ0v) is 14.8. The second kappa shape index (κ2) is 7.15. The zero-order chi connectivity index (χ0) is 18.8. The summed E-state index contributed by atoms with van der Waals surface area (Å²) in [6.45, 7) is 2.71. The van der Waals surface area contributed by atoms with Gasteiger partial charge in [-0.25, -0.2) is 9.37 Å². The Labute approximate surface area is 156 Å². The minimum Gasteiger partial charge on any atom is -0.491 e. The van der Waals surface area contributed by atoms with Gasteiger partial charge in [0.05, 0.1) is 18.8 Å². The molecule has 6 heteroatoms. The van der Waals surface area contributed by atoms with E-state index in [1.807, 2.05) is 31.2 Å². The van der Waals surface area contributed by atoms with Gasteiger partial charge in [-0.1, -0.05) is 18.2 Å². The van der Waals surface area contributed by atoms with Gasteiger partial charge >= 0.3 is 0 Å². The fourth-order valence-corrected chi connectivity index (χ4v) is 3.16. The van der Waals surface area contributed by atoms with E-state index in [9.17, 15) is 9.18 Å². The van der Waals surface area contributed by atoms with Gasteiger partial charge < -0.3 is 9.64 Å². The maximum Gasteiger partial charge on any atom is 0.274 e. The fourth-order valence-electron chi connectivity index (χ4n) is 3.16. The second-order valence-corrected chi connectivity index (χ2v) is 6.52. The topological polar surface area (TPSA) is 55.3 Å². The fraction of sp³-hybridized carbons (Fsp3) is 0.190. The molecule has 0 fully saturated rings. The van der Waals surface area contributed by atoms with E-state index in [0.29, 0.717) is 18.8 Å². The molecule has 0 unspecified atom stereocenters. The predicted octanol–water partition coefficient (Wildman–Crippen LogP) is 3.71. The zero-order valence-electron chi connectivity index (χ0n) is 14.8. The van der Waals surface area contributed by atoms with Crippen molar-refractivity contribution in [2.24, 2.45) is 0 Å². The van der Waals surface area contributed by atoms with Gasteiger partial charge in [-0.05, 0) is 42.3 Å². The summed E-state index contributed by atoms with van der Waals surface area (Å²) in [5.41, 5.74) is 2.83. The van der Waals surface area contributed by atoms with Gasteiger partial charge in [0.2, 0.25) is 0 Å². The van der Waals surface area contributed by atoms with Crippen LogP contribution in [0.15, 0.2) is 61.1 Å². The van der Waals surface area contributed by atoms with Crippen molar-refractivity contribution in [1.82, 2.24) is 14.9 Å². The third-order valence-electron chi connectivity index (χ3n) is 4.61. The van der Waals surface area contributed by atoms with Crippen LogP contribution >= 0.6 is 0 Å². The number of nitrogens with zero attached hydrogens (tertiary/aromatic N) is 3. The number of carbonyl (C=O) groups is 1. The highest BCUT2D eigenvalue weighted by atomic mass is 19.1. The lowest BCUT2D eigenvalue weighted by molar-refractivity contribution is 0.0639. The van der Waals surface area contributed by atoms with Crippen molar-refractivity contribution in [3.63, 3.8) is 0 Å². The third-order valence-corrected chi connectivity index (χ3v) is 4.61. The van der Waals surface area contributed by atoms with Crippen LogP contribution in [-0.2, 0) is 6.54 Å². The Balaban J connectivity index is 1.68. The molecule has 3 aromatic rings. The molecule has 0 spiro atoms. The van der Waals surface area contributed by atoms with Crippen LogP contribution in [0.1, 0.15) is 23.0 Å². The molecule has 1 aromatic heterocycles. The number of amides is 1. The molecule has 0 saturated carbocycles. The average Bonchev–Trinajstić information content (AvgIpc) is 2.86. The van der Waals surface area contributed by atoms with E-state index >= 15 is 0 Å². The van der Waals surface area contributed by atoms with E-state index in [4.69, 9.17) is 4.74 Å². The molecule has 0 aliphatic carbocycles. The van der Waals surface area contributed by atoms with Crippen molar-refractivity contribution >= 4 is 5.91 Å². The van der Waals surface area contributed by atoms with Crippen LogP contribution in [0, 0.1) is 5.82 Å². The lowest BCUT2D eigenvalue weighted by atomic mass is 10.0. The summed E-state index contributed by atoms with van der Waals surface area (Å²) in [4.78, 5) is 22.7. The van der Waals surface area contributed by atoms with Crippen molar-refractivity contribution in [2.45, 2.75) is 19.5 Å². The second-order valence-electron chi connectivity index (χ2n) is 6.52. The van der Waals surface area contributed by atoms with Crippen LogP contribution in [0.3, 0.4) is 0 Å². The van der Waals surface area contributed by atoms with Crippen molar-refractivity contribution < 1.29 is 13.9 Å². The molecule has 2 aromatic carbocycles. The number of halogens is 1. The van der Waals surface area contributed by atoms with Gasteiger partial charge in [0.25, 0.3) is 5.91 Å². The minimum atomic E-state index is -0.285. The summed E-state index contributed by atoms with van der Waals surface area (Å²) in [6.07, 6.45) is 4.50. The number of benzene rings is 2. The summed E-state index contributed by atoms with van der Waals surface area (Å²) < 4.78 is 19.5. The SMILES string of the molecule is C[C@H]1COc2ccc(-c3cccc(F)c3)cc2CN1C(=O)c1cnccn1. The van der Waals surface area contributed by atoms with Crippen molar-refractivity contribution in [3.8, 4) is 16.9 Å². The molecular weight excluding hydrogens is 345 g/mol. The Morgan fingerprint density at radius 3 is 2.81 bits per heavy atom. The first-order valence-corrected chi connectivity index (χ1v) is 8.70. The Morgan fingerprint density at radius 2 is 2.04 bits per heavy atom. The molecule has 1 atom stereocenters. The lowest BCUT2D eigenvalue weighted by Crippen LogP contribution is -2.40. The predicted molar refractivity (Wildman–Crippen MR) is 98.7 cm³/mol. The molecular formula is C21H18FN3O2. The Hall–Kier alpha value is -3.28. The molecule has 0 bridgehead atoms. The molecule has 5 nitrogen and oxygen atoms in total. The highest BCUT2D eigenvalue weighted by molar-refractivity contribution is 5.92. The molecule has 27 heavy (non-hydrogen) atoms. The molecule has 136 valence electrons. The van der Waals surface area contributed by atoms with Crippen LogP contribution in [0.5, 0.6) is 5.75 Å².